The maximum Gasteiger partial charge on any atom is 0.254 e. The van der Waals surface area contributed by atoms with Crippen molar-refractivity contribution in [1.29, 1.82) is 0 Å². The van der Waals surface area contributed by atoms with Gasteiger partial charge in [-0.1, -0.05) is 6.07 Å². The minimum atomic E-state index is -0.0643. The third-order valence-corrected chi connectivity index (χ3v) is 4.36. The average molecular weight is 313 g/mol. The smallest absolute Gasteiger partial charge is 0.254 e. The average Bonchev–Trinajstić information content (AvgIpc) is 3.05. The molecular formula is C18H23N3O2. The topological polar surface area (TPSA) is 56.1 Å². The van der Waals surface area contributed by atoms with E-state index in [1.165, 1.54) is 11.1 Å². The second-order valence-electron chi connectivity index (χ2n) is 6.29. The van der Waals surface area contributed by atoms with E-state index in [2.05, 4.69) is 22.5 Å². The molecule has 1 aliphatic rings. The van der Waals surface area contributed by atoms with Crippen molar-refractivity contribution in [1.82, 2.24) is 15.1 Å². The first-order valence-electron chi connectivity index (χ1n) is 8.10. The fourth-order valence-corrected chi connectivity index (χ4v) is 3.05. The fourth-order valence-electron chi connectivity index (χ4n) is 3.05. The zero-order valence-electron chi connectivity index (χ0n) is 13.9. The third kappa shape index (κ3) is 3.23. The molecule has 3 rings (SSSR count). The van der Waals surface area contributed by atoms with Crippen molar-refractivity contribution in [3.8, 4) is 5.75 Å². The van der Waals surface area contributed by atoms with Crippen molar-refractivity contribution in [2.75, 3.05) is 7.11 Å². The van der Waals surface area contributed by atoms with Gasteiger partial charge in [-0.15, -0.1) is 0 Å². The summed E-state index contributed by atoms with van der Waals surface area (Å²) in [7, 11) is 1.68. The number of nitrogens with zero attached hydrogens (tertiary/aromatic N) is 2. The fraction of sp³-hybridized carbons (Fsp3) is 0.444. The van der Waals surface area contributed by atoms with E-state index in [1.807, 2.05) is 19.9 Å². The van der Waals surface area contributed by atoms with Crippen LogP contribution in [0.15, 0.2) is 30.6 Å². The minimum Gasteiger partial charge on any atom is -0.497 e. The normalized spacial score (nSPS) is 17.0. The van der Waals surface area contributed by atoms with Gasteiger partial charge in [0.2, 0.25) is 0 Å². The van der Waals surface area contributed by atoms with Crippen LogP contribution in [0.2, 0.25) is 0 Å². The van der Waals surface area contributed by atoms with E-state index in [1.54, 1.807) is 24.2 Å². The molecule has 5 heteroatoms. The Morgan fingerprint density at radius 3 is 2.96 bits per heavy atom. The SMILES string of the molecule is COc1ccc2c(c1)CCCC2NC(=O)c1cnn(C(C)C)c1. The van der Waals surface area contributed by atoms with Crippen molar-refractivity contribution in [2.24, 2.45) is 0 Å². The molecule has 1 unspecified atom stereocenters. The standard InChI is InChI=1S/C18H23N3O2/c1-12(2)21-11-14(10-19-21)18(22)20-17-6-4-5-13-9-15(23-3)7-8-16(13)17/h7-12,17H,4-6H2,1-3H3,(H,20,22). The number of hydrogen-bond acceptors (Lipinski definition) is 3. The Kier molecular flexibility index (Phi) is 4.37. The van der Waals surface area contributed by atoms with Crippen molar-refractivity contribution < 1.29 is 9.53 Å². The zero-order chi connectivity index (χ0) is 16.4. The molecule has 1 heterocycles. The van der Waals surface area contributed by atoms with Gasteiger partial charge in [-0.2, -0.15) is 5.10 Å². The summed E-state index contributed by atoms with van der Waals surface area (Å²) in [4.78, 5) is 12.5. The Bertz CT molecular complexity index is 706. The predicted molar refractivity (Wildman–Crippen MR) is 88.8 cm³/mol. The van der Waals surface area contributed by atoms with E-state index in [9.17, 15) is 4.79 Å². The molecule has 0 saturated heterocycles. The lowest BCUT2D eigenvalue weighted by Gasteiger charge is -2.26. The van der Waals surface area contributed by atoms with E-state index in [-0.39, 0.29) is 18.0 Å². The van der Waals surface area contributed by atoms with Crippen LogP contribution in [0.25, 0.3) is 0 Å². The number of amides is 1. The second kappa shape index (κ2) is 6.44. The number of carbonyl (C=O) groups is 1. The quantitative estimate of drug-likeness (QED) is 0.942. The molecule has 1 N–H and O–H groups in total. The van der Waals surface area contributed by atoms with E-state index >= 15 is 0 Å². The van der Waals surface area contributed by atoms with Gasteiger partial charge in [-0.05, 0) is 56.4 Å². The molecular weight excluding hydrogens is 290 g/mol. The molecule has 0 aliphatic heterocycles. The summed E-state index contributed by atoms with van der Waals surface area (Å²) >= 11 is 0. The van der Waals surface area contributed by atoms with Crippen LogP contribution in [0, 0.1) is 0 Å². The molecule has 0 saturated carbocycles. The predicted octanol–water partition coefficient (Wildman–Crippen LogP) is 3.28. The zero-order valence-corrected chi connectivity index (χ0v) is 13.9. The highest BCUT2D eigenvalue weighted by molar-refractivity contribution is 5.94. The molecule has 2 aromatic rings. The maximum atomic E-state index is 12.5. The molecule has 5 nitrogen and oxygen atoms in total. The number of ether oxygens (including phenoxy) is 1. The van der Waals surface area contributed by atoms with Crippen LogP contribution in [0.1, 0.15) is 60.3 Å². The van der Waals surface area contributed by atoms with Gasteiger partial charge < -0.3 is 10.1 Å². The van der Waals surface area contributed by atoms with E-state index in [0.717, 1.165) is 25.0 Å². The summed E-state index contributed by atoms with van der Waals surface area (Å²) in [6.07, 6.45) is 6.49. The molecule has 122 valence electrons. The molecule has 1 amide bonds. The molecule has 1 aromatic heterocycles. The first kappa shape index (κ1) is 15.6. The third-order valence-electron chi connectivity index (χ3n) is 4.36. The number of aryl methyl sites for hydroxylation is 1. The maximum absolute atomic E-state index is 12.5. The number of carbonyl (C=O) groups excluding carboxylic acids is 1. The molecule has 1 aliphatic carbocycles. The highest BCUT2D eigenvalue weighted by Crippen LogP contribution is 2.32. The Hall–Kier alpha value is -2.30. The molecule has 0 fully saturated rings. The minimum absolute atomic E-state index is 0.0551. The number of fused-ring (bicyclic) bond motifs is 1. The first-order chi connectivity index (χ1) is 11.1. The number of aromatic nitrogens is 2. The summed E-state index contributed by atoms with van der Waals surface area (Å²) in [5.41, 5.74) is 3.07. The number of rotatable bonds is 4. The van der Waals surface area contributed by atoms with Gasteiger partial charge in [-0.3, -0.25) is 9.48 Å². The van der Waals surface area contributed by atoms with Crippen LogP contribution >= 0.6 is 0 Å². The first-order valence-corrected chi connectivity index (χ1v) is 8.10. The van der Waals surface area contributed by atoms with Gasteiger partial charge in [0.1, 0.15) is 5.75 Å². The van der Waals surface area contributed by atoms with Gasteiger partial charge in [0.15, 0.2) is 0 Å². The molecule has 0 radical (unpaired) electrons. The largest absolute Gasteiger partial charge is 0.497 e. The van der Waals surface area contributed by atoms with Gasteiger partial charge in [0.25, 0.3) is 5.91 Å². The molecule has 23 heavy (non-hydrogen) atoms. The summed E-state index contributed by atoms with van der Waals surface area (Å²) < 4.78 is 7.09. The van der Waals surface area contributed by atoms with Crippen molar-refractivity contribution >= 4 is 5.91 Å². The molecule has 0 spiro atoms. The van der Waals surface area contributed by atoms with Crippen LogP contribution in [-0.2, 0) is 6.42 Å². The number of hydrogen-bond donors (Lipinski definition) is 1. The number of nitrogens with one attached hydrogen (secondary N) is 1. The van der Waals surface area contributed by atoms with Crippen molar-refractivity contribution in [3.63, 3.8) is 0 Å². The number of benzene rings is 1. The highest BCUT2D eigenvalue weighted by Gasteiger charge is 2.23. The summed E-state index contributed by atoms with van der Waals surface area (Å²) in [5.74, 6) is 0.805. The Morgan fingerprint density at radius 2 is 2.26 bits per heavy atom. The lowest BCUT2D eigenvalue weighted by atomic mass is 9.87. The molecule has 1 aromatic carbocycles. The number of methoxy groups -OCH3 is 1. The van der Waals surface area contributed by atoms with E-state index in [4.69, 9.17) is 4.74 Å². The van der Waals surface area contributed by atoms with Crippen LogP contribution < -0.4 is 10.1 Å². The van der Waals surface area contributed by atoms with Crippen molar-refractivity contribution in [2.45, 2.75) is 45.2 Å². The monoisotopic (exact) mass is 313 g/mol. The van der Waals surface area contributed by atoms with Crippen LogP contribution in [-0.4, -0.2) is 22.8 Å². The molecule has 1 atom stereocenters. The van der Waals surface area contributed by atoms with E-state index in [0.29, 0.717) is 5.56 Å². The van der Waals surface area contributed by atoms with Gasteiger partial charge in [0.05, 0.1) is 24.9 Å². The molecule has 0 bridgehead atoms. The highest BCUT2D eigenvalue weighted by atomic mass is 16.5. The summed E-state index contributed by atoms with van der Waals surface area (Å²) in [6.45, 7) is 4.08. The van der Waals surface area contributed by atoms with Crippen LogP contribution in [0.4, 0.5) is 0 Å². The lowest BCUT2D eigenvalue weighted by Crippen LogP contribution is -2.30. The summed E-state index contributed by atoms with van der Waals surface area (Å²) in [5, 5.41) is 7.38. The second-order valence-corrected chi connectivity index (χ2v) is 6.29. The Balaban J connectivity index is 1.77. The Morgan fingerprint density at radius 1 is 1.43 bits per heavy atom. The Labute approximate surface area is 136 Å². The van der Waals surface area contributed by atoms with Gasteiger partial charge in [0, 0.05) is 12.2 Å². The summed E-state index contributed by atoms with van der Waals surface area (Å²) in [6, 6.07) is 6.40. The van der Waals surface area contributed by atoms with Crippen LogP contribution in [0.5, 0.6) is 5.75 Å². The lowest BCUT2D eigenvalue weighted by molar-refractivity contribution is 0.0932. The van der Waals surface area contributed by atoms with Gasteiger partial charge in [-0.25, -0.2) is 0 Å². The van der Waals surface area contributed by atoms with Gasteiger partial charge >= 0.3 is 0 Å². The van der Waals surface area contributed by atoms with E-state index < -0.39 is 0 Å². The van der Waals surface area contributed by atoms with Crippen molar-refractivity contribution in [3.05, 3.63) is 47.3 Å². The van der Waals surface area contributed by atoms with Crippen LogP contribution in [0.3, 0.4) is 0 Å².